The van der Waals surface area contributed by atoms with Crippen LogP contribution in [0.2, 0.25) is 0 Å². The topological polar surface area (TPSA) is 26.3 Å². The van der Waals surface area contributed by atoms with E-state index in [1.807, 2.05) is 61.5 Å². The van der Waals surface area contributed by atoms with Crippen LogP contribution >= 0.6 is 0 Å². The highest BCUT2D eigenvalue weighted by Gasteiger charge is 2.04. The number of Topliss-reactive ketones (excluding diaryl/α,β-unsaturated/α-hetero) is 1. The average Bonchev–Trinajstić information content (AvgIpc) is 2.42. The van der Waals surface area contributed by atoms with E-state index in [1.165, 1.54) is 5.56 Å². The smallest absolute Gasteiger partial charge is 0.166 e. The first kappa shape index (κ1) is 12.4. The molecule has 2 aromatic carbocycles. The fraction of sp³-hybridized carbons (Fsp3) is 0.188. The van der Waals surface area contributed by atoms with Gasteiger partial charge in [-0.1, -0.05) is 48.0 Å². The molecule has 0 saturated carbocycles. The summed E-state index contributed by atoms with van der Waals surface area (Å²) in [7, 11) is 0. The van der Waals surface area contributed by atoms with Gasteiger partial charge < -0.3 is 4.74 Å². The maximum absolute atomic E-state index is 11.8. The van der Waals surface area contributed by atoms with E-state index in [9.17, 15) is 4.79 Å². The van der Waals surface area contributed by atoms with Crippen molar-refractivity contribution in [3.63, 3.8) is 0 Å². The first-order chi connectivity index (χ1) is 8.75. The third kappa shape index (κ3) is 3.45. The van der Waals surface area contributed by atoms with Crippen LogP contribution in [0.5, 0.6) is 5.75 Å². The van der Waals surface area contributed by atoms with Gasteiger partial charge in [0.15, 0.2) is 5.78 Å². The van der Waals surface area contributed by atoms with Crippen LogP contribution in [-0.4, -0.2) is 12.4 Å². The van der Waals surface area contributed by atoms with Gasteiger partial charge in [-0.2, -0.15) is 0 Å². The van der Waals surface area contributed by atoms with Gasteiger partial charge in [0.1, 0.15) is 5.75 Å². The Balaban J connectivity index is 1.82. The summed E-state index contributed by atoms with van der Waals surface area (Å²) in [6, 6.07) is 17.1. The largest absolute Gasteiger partial charge is 0.493 e. The molecule has 0 unspecified atom stereocenters. The second kappa shape index (κ2) is 6.01. The molecule has 2 rings (SSSR count). The summed E-state index contributed by atoms with van der Waals surface area (Å²) in [5, 5.41) is 0. The molecule has 0 aromatic heterocycles. The fourth-order valence-electron chi connectivity index (χ4n) is 1.66. The molecule has 0 saturated heterocycles. The van der Waals surface area contributed by atoms with Crippen molar-refractivity contribution in [2.24, 2.45) is 0 Å². The van der Waals surface area contributed by atoms with Gasteiger partial charge in [-0.3, -0.25) is 4.79 Å². The monoisotopic (exact) mass is 240 g/mol. The number of hydrogen-bond donors (Lipinski definition) is 0. The highest BCUT2D eigenvalue weighted by atomic mass is 16.5. The van der Waals surface area contributed by atoms with Gasteiger partial charge in [-0.15, -0.1) is 0 Å². The van der Waals surface area contributed by atoms with Gasteiger partial charge in [0, 0.05) is 12.0 Å². The molecule has 0 heterocycles. The lowest BCUT2D eigenvalue weighted by Crippen LogP contribution is -2.06. The van der Waals surface area contributed by atoms with Crippen molar-refractivity contribution in [3.8, 4) is 5.75 Å². The summed E-state index contributed by atoms with van der Waals surface area (Å²) in [6.07, 6.45) is 0.401. The minimum atomic E-state index is 0.114. The summed E-state index contributed by atoms with van der Waals surface area (Å²) in [4.78, 5) is 11.8. The van der Waals surface area contributed by atoms with E-state index in [0.29, 0.717) is 13.0 Å². The lowest BCUT2D eigenvalue weighted by molar-refractivity contribution is 0.0962. The molecule has 2 heteroatoms. The van der Waals surface area contributed by atoms with Crippen molar-refractivity contribution in [1.82, 2.24) is 0 Å². The molecule has 18 heavy (non-hydrogen) atoms. The Morgan fingerprint density at radius 2 is 1.67 bits per heavy atom. The van der Waals surface area contributed by atoms with E-state index in [2.05, 4.69) is 0 Å². The number of ether oxygens (including phenoxy) is 1. The van der Waals surface area contributed by atoms with Gasteiger partial charge in [0.2, 0.25) is 0 Å². The van der Waals surface area contributed by atoms with E-state index in [4.69, 9.17) is 4.74 Å². The molecular formula is C16H16O2. The molecule has 2 nitrogen and oxygen atoms in total. The summed E-state index contributed by atoms with van der Waals surface area (Å²) in [5.74, 6) is 0.921. The predicted molar refractivity (Wildman–Crippen MR) is 72.1 cm³/mol. The molecule has 0 radical (unpaired) electrons. The zero-order valence-corrected chi connectivity index (χ0v) is 10.4. The number of aryl methyl sites for hydroxylation is 1. The van der Waals surface area contributed by atoms with Gasteiger partial charge in [0.05, 0.1) is 6.61 Å². The summed E-state index contributed by atoms with van der Waals surface area (Å²) in [6.45, 7) is 2.44. The van der Waals surface area contributed by atoms with Crippen LogP contribution in [0, 0.1) is 6.92 Å². The number of carbonyl (C=O) groups excluding carboxylic acids is 1. The third-order valence-corrected chi connectivity index (χ3v) is 2.71. The molecule has 0 amide bonds. The van der Waals surface area contributed by atoms with Crippen molar-refractivity contribution in [1.29, 1.82) is 0 Å². The number of benzene rings is 2. The molecule has 0 N–H and O–H groups in total. The summed E-state index contributed by atoms with van der Waals surface area (Å²) in [5.41, 5.74) is 1.94. The Morgan fingerprint density at radius 1 is 1.00 bits per heavy atom. The standard InChI is InChI=1S/C16H16O2/c1-13-7-9-15(10-8-13)18-12-11-16(17)14-5-3-2-4-6-14/h2-10H,11-12H2,1H3. The fourth-order valence-corrected chi connectivity index (χ4v) is 1.66. The van der Waals surface area contributed by atoms with E-state index in [0.717, 1.165) is 11.3 Å². The van der Waals surface area contributed by atoms with Crippen LogP contribution < -0.4 is 4.74 Å². The molecule has 2 aromatic rings. The number of carbonyl (C=O) groups is 1. The molecule has 92 valence electrons. The van der Waals surface area contributed by atoms with E-state index in [-0.39, 0.29) is 5.78 Å². The molecule has 0 spiro atoms. The Kier molecular flexibility index (Phi) is 4.13. The number of ketones is 1. The first-order valence-electron chi connectivity index (χ1n) is 6.03. The summed E-state index contributed by atoms with van der Waals surface area (Å²) >= 11 is 0. The maximum atomic E-state index is 11.8. The quantitative estimate of drug-likeness (QED) is 0.746. The highest BCUT2D eigenvalue weighted by molar-refractivity contribution is 5.96. The molecule has 0 bridgehead atoms. The average molecular weight is 240 g/mol. The van der Waals surface area contributed by atoms with Crippen molar-refractivity contribution >= 4 is 5.78 Å². The third-order valence-electron chi connectivity index (χ3n) is 2.71. The highest BCUT2D eigenvalue weighted by Crippen LogP contribution is 2.12. The molecular weight excluding hydrogens is 224 g/mol. The second-order valence-corrected chi connectivity index (χ2v) is 4.20. The van der Waals surface area contributed by atoms with E-state index in [1.54, 1.807) is 0 Å². The lowest BCUT2D eigenvalue weighted by Gasteiger charge is -2.06. The van der Waals surface area contributed by atoms with E-state index < -0.39 is 0 Å². The maximum Gasteiger partial charge on any atom is 0.166 e. The number of rotatable bonds is 5. The van der Waals surface area contributed by atoms with Crippen molar-refractivity contribution in [2.75, 3.05) is 6.61 Å². The molecule has 0 fully saturated rings. The molecule has 0 aliphatic heterocycles. The summed E-state index contributed by atoms with van der Waals surface area (Å²) < 4.78 is 5.53. The van der Waals surface area contributed by atoms with Gasteiger partial charge in [-0.05, 0) is 19.1 Å². The van der Waals surface area contributed by atoms with E-state index >= 15 is 0 Å². The van der Waals surface area contributed by atoms with Crippen molar-refractivity contribution < 1.29 is 9.53 Å². The van der Waals surface area contributed by atoms with Crippen LogP contribution in [0.1, 0.15) is 22.3 Å². The lowest BCUT2D eigenvalue weighted by atomic mass is 10.1. The minimum Gasteiger partial charge on any atom is -0.493 e. The van der Waals surface area contributed by atoms with Crippen molar-refractivity contribution in [2.45, 2.75) is 13.3 Å². The Bertz CT molecular complexity index is 500. The number of hydrogen-bond acceptors (Lipinski definition) is 2. The minimum absolute atomic E-state index is 0.114. The molecule has 0 aliphatic carbocycles. The van der Waals surface area contributed by atoms with Crippen LogP contribution in [-0.2, 0) is 0 Å². The molecule has 0 atom stereocenters. The zero-order valence-electron chi connectivity index (χ0n) is 10.4. The van der Waals surface area contributed by atoms with Crippen molar-refractivity contribution in [3.05, 3.63) is 65.7 Å². The van der Waals surface area contributed by atoms with Crippen LogP contribution in [0.3, 0.4) is 0 Å². The van der Waals surface area contributed by atoms with Gasteiger partial charge in [-0.25, -0.2) is 0 Å². The zero-order chi connectivity index (χ0) is 12.8. The molecule has 0 aliphatic rings. The Morgan fingerprint density at radius 3 is 2.33 bits per heavy atom. The Labute approximate surface area is 107 Å². The van der Waals surface area contributed by atoms with Crippen LogP contribution in [0.15, 0.2) is 54.6 Å². The van der Waals surface area contributed by atoms with Crippen LogP contribution in [0.4, 0.5) is 0 Å². The predicted octanol–water partition coefficient (Wildman–Crippen LogP) is 3.65. The van der Waals surface area contributed by atoms with Gasteiger partial charge in [0.25, 0.3) is 0 Å². The second-order valence-electron chi connectivity index (χ2n) is 4.20. The Hall–Kier alpha value is -2.09. The normalized spacial score (nSPS) is 10.1. The van der Waals surface area contributed by atoms with Gasteiger partial charge >= 0.3 is 0 Å². The van der Waals surface area contributed by atoms with Crippen LogP contribution in [0.25, 0.3) is 0 Å². The first-order valence-corrected chi connectivity index (χ1v) is 6.03. The SMILES string of the molecule is Cc1ccc(OCCC(=O)c2ccccc2)cc1.